The lowest BCUT2D eigenvalue weighted by molar-refractivity contribution is 0.220. The Bertz CT molecular complexity index is 453. The lowest BCUT2D eigenvalue weighted by Crippen LogP contribution is -2.43. The van der Waals surface area contributed by atoms with E-state index in [-0.39, 0.29) is 6.10 Å². The van der Waals surface area contributed by atoms with Crippen molar-refractivity contribution in [1.82, 2.24) is 4.90 Å². The van der Waals surface area contributed by atoms with E-state index in [4.69, 9.17) is 10.5 Å². The molecule has 1 heterocycles. The summed E-state index contributed by atoms with van der Waals surface area (Å²) in [4.78, 5) is 4.89. The number of anilines is 2. The van der Waals surface area contributed by atoms with Gasteiger partial charge in [-0.3, -0.25) is 0 Å². The molecule has 2 N–H and O–H groups in total. The zero-order valence-corrected chi connectivity index (χ0v) is 13.8. The molecule has 0 radical (unpaired) electrons. The Morgan fingerprint density at radius 2 is 2.00 bits per heavy atom. The van der Waals surface area contributed by atoms with Gasteiger partial charge in [-0.25, -0.2) is 0 Å². The molecule has 0 aromatic heterocycles. The van der Waals surface area contributed by atoms with Crippen LogP contribution in [-0.2, 0) is 0 Å². The normalized spacial score (nSPS) is 17.2. The molecule has 1 fully saturated rings. The maximum absolute atomic E-state index is 6.00. The number of benzene rings is 1. The summed E-state index contributed by atoms with van der Waals surface area (Å²) in [6, 6.07) is 6.71. The summed E-state index contributed by atoms with van der Waals surface area (Å²) >= 11 is 0. The van der Waals surface area contributed by atoms with Crippen molar-refractivity contribution in [2.45, 2.75) is 45.8 Å². The predicted molar refractivity (Wildman–Crippen MR) is 90.2 cm³/mol. The Morgan fingerprint density at radius 3 is 2.57 bits per heavy atom. The first-order valence-corrected chi connectivity index (χ1v) is 8.02. The van der Waals surface area contributed by atoms with Crippen molar-refractivity contribution in [1.29, 1.82) is 0 Å². The fourth-order valence-electron chi connectivity index (χ4n) is 2.93. The van der Waals surface area contributed by atoms with Crippen LogP contribution in [0.15, 0.2) is 18.2 Å². The summed E-state index contributed by atoms with van der Waals surface area (Å²) in [5.74, 6) is 0.792. The molecule has 1 aromatic rings. The Balaban J connectivity index is 2.07. The van der Waals surface area contributed by atoms with Crippen molar-refractivity contribution >= 4 is 11.4 Å². The average molecular weight is 291 g/mol. The van der Waals surface area contributed by atoms with E-state index in [1.807, 2.05) is 19.9 Å². The minimum atomic E-state index is 0.139. The summed E-state index contributed by atoms with van der Waals surface area (Å²) in [6.45, 7) is 9.82. The topological polar surface area (TPSA) is 41.7 Å². The molecule has 1 aliphatic rings. The first kappa shape index (κ1) is 16.0. The molecule has 0 saturated carbocycles. The van der Waals surface area contributed by atoms with Gasteiger partial charge in [0.1, 0.15) is 5.75 Å². The molecular weight excluding hydrogens is 262 g/mol. The maximum Gasteiger partial charge on any atom is 0.144 e. The number of rotatable bonds is 5. The largest absolute Gasteiger partial charge is 0.489 e. The van der Waals surface area contributed by atoms with Crippen LogP contribution in [0.5, 0.6) is 5.75 Å². The highest BCUT2D eigenvalue weighted by Gasteiger charge is 2.22. The third kappa shape index (κ3) is 4.03. The number of nitrogen functional groups attached to an aromatic ring is 1. The van der Waals surface area contributed by atoms with Gasteiger partial charge in [-0.15, -0.1) is 0 Å². The van der Waals surface area contributed by atoms with Crippen molar-refractivity contribution in [3.63, 3.8) is 0 Å². The molecule has 0 bridgehead atoms. The van der Waals surface area contributed by atoms with Crippen molar-refractivity contribution in [3.05, 3.63) is 18.2 Å². The molecule has 118 valence electrons. The molecule has 0 amide bonds. The quantitative estimate of drug-likeness (QED) is 0.847. The molecule has 1 aliphatic heterocycles. The Hall–Kier alpha value is -1.42. The zero-order chi connectivity index (χ0) is 15.4. The molecule has 4 nitrogen and oxygen atoms in total. The smallest absolute Gasteiger partial charge is 0.144 e. The number of nitrogens with two attached hydrogens (primary N) is 1. The molecule has 0 spiro atoms. The lowest BCUT2D eigenvalue weighted by atomic mass is 10.0. The molecule has 1 aromatic carbocycles. The van der Waals surface area contributed by atoms with Crippen molar-refractivity contribution in [2.24, 2.45) is 0 Å². The first-order valence-electron chi connectivity index (χ1n) is 8.02. The molecule has 0 aliphatic carbocycles. The standard InChI is InChI=1S/C17H29N3O/c1-5-20-10-8-14(9-11-20)19(4)15-6-7-16(18)17(12-15)21-13(2)3/h6-7,12-14H,5,8-11,18H2,1-4H3. The van der Waals surface area contributed by atoms with Crippen LogP contribution >= 0.6 is 0 Å². The Morgan fingerprint density at radius 1 is 1.33 bits per heavy atom. The van der Waals surface area contributed by atoms with E-state index in [1.165, 1.54) is 31.6 Å². The third-order valence-corrected chi connectivity index (χ3v) is 4.32. The van der Waals surface area contributed by atoms with E-state index in [1.54, 1.807) is 0 Å². The Kier molecular flexibility index (Phi) is 5.34. The van der Waals surface area contributed by atoms with Crippen LogP contribution in [-0.4, -0.2) is 43.7 Å². The van der Waals surface area contributed by atoms with Crippen LogP contribution in [0.4, 0.5) is 11.4 Å². The number of likely N-dealkylation sites (tertiary alicyclic amines) is 1. The van der Waals surface area contributed by atoms with Gasteiger partial charge >= 0.3 is 0 Å². The molecule has 1 saturated heterocycles. The lowest BCUT2D eigenvalue weighted by Gasteiger charge is -2.37. The molecule has 0 atom stereocenters. The minimum Gasteiger partial charge on any atom is -0.489 e. The van der Waals surface area contributed by atoms with Crippen LogP contribution in [0.25, 0.3) is 0 Å². The van der Waals surface area contributed by atoms with Gasteiger partial charge in [0.2, 0.25) is 0 Å². The highest BCUT2D eigenvalue weighted by molar-refractivity contribution is 5.62. The summed E-state index contributed by atoms with van der Waals surface area (Å²) < 4.78 is 5.80. The van der Waals surface area contributed by atoms with Gasteiger partial charge in [-0.2, -0.15) is 0 Å². The van der Waals surface area contributed by atoms with Crippen LogP contribution in [0.3, 0.4) is 0 Å². The van der Waals surface area contributed by atoms with Gasteiger partial charge in [0, 0.05) is 37.9 Å². The van der Waals surface area contributed by atoms with Gasteiger partial charge < -0.3 is 20.3 Å². The average Bonchev–Trinajstić information content (AvgIpc) is 2.48. The summed E-state index contributed by atoms with van der Waals surface area (Å²) in [5.41, 5.74) is 7.90. The van der Waals surface area contributed by atoms with Crippen LogP contribution in [0, 0.1) is 0 Å². The van der Waals surface area contributed by atoms with E-state index in [9.17, 15) is 0 Å². The van der Waals surface area contributed by atoms with Gasteiger partial charge in [-0.05, 0) is 45.4 Å². The second-order valence-corrected chi connectivity index (χ2v) is 6.17. The van der Waals surface area contributed by atoms with E-state index in [2.05, 4.69) is 35.9 Å². The number of hydrogen-bond donors (Lipinski definition) is 1. The second kappa shape index (κ2) is 7.03. The monoisotopic (exact) mass is 291 g/mol. The van der Waals surface area contributed by atoms with E-state index in [0.29, 0.717) is 11.7 Å². The Labute approximate surface area is 128 Å². The van der Waals surface area contributed by atoms with Gasteiger partial charge in [0.05, 0.1) is 11.8 Å². The summed E-state index contributed by atoms with van der Waals surface area (Å²) in [5, 5.41) is 0. The maximum atomic E-state index is 6.00. The number of nitrogens with zero attached hydrogens (tertiary/aromatic N) is 2. The first-order chi connectivity index (χ1) is 10.0. The fourth-order valence-corrected chi connectivity index (χ4v) is 2.93. The number of hydrogen-bond acceptors (Lipinski definition) is 4. The van der Waals surface area contributed by atoms with E-state index >= 15 is 0 Å². The van der Waals surface area contributed by atoms with Gasteiger partial charge in [-0.1, -0.05) is 6.92 Å². The third-order valence-electron chi connectivity index (χ3n) is 4.32. The van der Waals surface area contributed by atoms with Crippen LogP contribution < -0.4 is 15.4 Å². The van der Waals surface area contributed by atoms with Crippen LogP contribution in [0.1, 0.15) is 33.6 Å². The minimum absolute atomic E-state index is 0.139. The van der Waals surface area contributed by atoms with E-state index in [0.717, 1.165) is 12.3 Å². The summed E-state index contributed by atoms with van der Waals surface area (Å²) in [7, 11) is 2.18. The molecule has 2 rings (SSSR count). The van der Waals surface area contributed by atoms with Crippen molar-refractivity contribution in [2.75, 3.05) is 37.3 Å². The van der Waals surface area contributed by atoms with Gasteiger partial charge in [0.15, 0.2) is 0 Å². The van der Waals surface area contributed by atoms with Gasteiger partial charge in [0.25, 0.3) is 0 Å². The predicted octanol–water partition coefficient (Wildman–Crippen LogP) is 2.98. The van der Waals surface area contributed by atoms with Crippen molar-refractivity contribution in [3.8, 4) is 5.75 Å². The van der Waals surface area contributed by atoms with Crippen molar-refractivity contribution < 1.29 is 4.74 Å². The number of piperidine rings is 1. The number of ether oxygens (including phenoxy) is 1. The zero-order valence-electron chi connectivity index (χ0n) is 13.8. The molecule has 4 heteroatoms. The highest BCUT2D eigenvalue weighted by atomic mass is 16.5. The SMILES string of the molecule is CCN1CCC(N(C)c2ccc(N)c(OC(C)C)c2)CC1. The van der Waals surface area contributed by atoms with Crippen LogP contribution in [0.2, 0.25) is 0 Å². The van der Waals surface area contributed by atoms with E-state index < -0.39 is 0 Å². The molecule has 21 heavy (non-hydrogen) atoms. The molecular formula is C17H29N3O. The highest BCUT2D eigenvalue weighted by Crippen LogP contribution is 2.30. The summed E-state index contributed by atoms with van der Waals surface area (Å²) in [6.07, 6.45) is 2.57. The second-order valence-electron chi connectivity index (χ2n) is 6.17. The molecule has 0 unspecified atom stereocenters. The fraction of sp³-hybridized carbons (Fsp3) is 0.647.